The molecule has 108 valence electrons. The van der Waals surface area contributed by atoms with E-state index < -0.39 is 5.41 Å². The number of carbonyl (C=O) groups is 1. The number of hydrogen-bond donors (Lipinski definition) is 1. The van der Waals surface area contributed by atoms with E-state index in [2.05, 4.69) is 0 Å². The van der Waals surface area contributed by atoms with Crippen LogP contribution in [0.15, 0.2) is 18.2 Å². The number of thioether (sulfide) groups is 1. The fraction of sp³-hybridized carbons (Fsp3) is 0.562. The summed E-state index contributed by atoms with van der Waals surface area (Å²) in [6.45, 7) is 4.81. The molecule has 1 amide bonds. The number of nitrogen functional groups attached to an aromatic ring is 1. The first-order valence-electron chi connectivity index (χ1n) is 7.34. The molecule has 20 heavy (non-hydrogen) atoms. The largest absolute Gasteiger partial charge is 0.399 e. The van der Waals surface area contributed by atoms with E-state index >= 15 is 0 Å². The van der Waals surface area contributed by atoms with Gasteiger partial charge in [0.25, 0.3) is 0 Å². The summed E-state index contributed by atoms with van der Waals surface area (Å²) in [5, 5.41) is 0.892. The van der Waals surface area contributed by atoms with Crippen molar-refractivity contribution in [2.75, 3.05) is 22.9 Å². The third-order valence-electron chi connectivity index (χ3n) is 4.17. The molecule has 1 aliphatic carbocycles. The quantitative estimate of drug-likeness (QED) is 0.669. The molecule has 0 radical (unpaired) electrons. The molecular weight excluding hydrogens is 268 g/mol. The number of nitrogens with zero attached hydrogens (tertiary/aromatic N) is 1. The van der Waals surface area contributed by atoms with Crippen molar-refractivity contribution in [1.29, 1.82) is 0 Å². The number of fused-ring (bicyclic) bond motifs is 1. The van der Waals surface area contributed by atoms with Crippen LogP contribution in [0.5, 0.6) is 0 Å². The monoisotopic (exact) mass is 290 g/mol. The summed E-state index contributed by atoms with van der Waals surface area (Å²) in [5.41, 5.74) is 8.31. The Balaban J connectivity index is 1.73. The van der Waals surface area contributed by atoms with Gasteiger partial charge < -0.3 is 10.6 Å². The summed E-state index contributed by atoms with van der Waals surface area (Å²) in [5.74, 6) is 1.35. The second-order valence-corrected chi connectivity index (χ2v) is 7.69. The van der Waals surface area contributed by atoms with Gasteiger partial charge in [-0.2, -0.15) is 11.8 Å². The normalized spacial score (nSPS) is 20.3. The minimum Gasteiger partial charge on any atom is -0.399 e. The topological polar surface area (TPSA) is 46.3 Å². The van der Waals surface area contributed by atoms with Gasteiger partial charge in [0.15, 0.2) is 0 Å². The Kier molecular flexibility index (Phi) is 3.44. The molecule has 1 aliphatic heterocycles. The Labute approximate surface area is 124 Å². The van der Waals surface area contributed by atoms with E-state index in [4.69, 9.17) is 5.73 Å². The van der Waals surface area contributed by atoms with Crippen LogP contribution in [0, 0.1) is 0 Å². The molecular formula is C16H22N2OS. The van der Waals surface area contributed by atoms with Gasteiger partial charge in [0.05, 0.1) is 5.41 Å². The van der Waals surface area contributed by atoms with Crippen molar-refractivity contribution < 1.29 is 4.79 Å². The summed E-state index contributed by atoms with van der Waals surface area (Å²) in [7, 11) is 0. The molecule has 0 unspecified atom stereocenters. The van der Waals surface area contributed by atoms with Crippen LogP contribution in [0.3, 0.4) is 0 Å². The predicted molar refractivity (Wildman–Crippen MR) is 86.3 cm³/mol. The summed E-state index contributed by atoms with van der Waals surface area (Å²) in [6, 6.07) is 5.83. The summed E-state index contributed by atoms with van der Waals surface area (Å²) >= 11 is 2.05. The zero-order valence-electron chi connectivity index (χ0n) is 12.2. The summed E-state index contributed by atoms with van der Waals surface area (Å²) < 4.78 is 0. The lowest BCUT2D eigenvalue weighted by Gasteiger charge is -2.20. The molecule has 4 heteroatoms. The van der Waals surface area contributed by atoms with Gasteiger partial charge in [-0.25, -0.2) is 0 Å². The van der Waals surface area contributed by atoms with Crippen molar-refractivity contribution in [2.45, 2.75) is 43.8 Å². The molecule has 1 fully saturated rings. The summed E-state index contributed by atoms with van der Waals surface area (Å²) in [4.78, 5) is 14.5. The molecule has 0 spiro atoms. The van der Waals surface area contributed by atoms with Crippen LogP contribution >= 0.6 is 11.8 Å². The van der Waals surface area contributed by atoms with E-state index in [0.717, 1.165) is 40.9 Å². The molecule has 1 heterocycles. The maximum atomic E-state index is 12.6. The van der Waals surface area contributed by atoms with Gasteiger partial charge in [-0.1, -0.05) is 6.07 Å². The van der Waals surface area contributed by atoms with Gasteiger partial charge in [-0.05, 0) is 56.6 Å². The number of amides is 1. The molecule has 2 N–H and O–H groups in total. The highest BCUT2D eigenvalue weighted by Gasteiger charge is 2.43. The van der Waals surface area contributed by atoms with Crippen LogP contribution < -0.4 is 10.6 Å². The third kappa shape index (κ3) is 2.41. The average molecular weight is 290 g/mol. The van der Waals surface area contributed by atoms with Crippen LogP contribution in [0.1, 0.15) is 38.7 Å². The Morgan fingerprint density at radius 1 is 1.40 bits per heavy atom. The van der Waals surface area contributed by atoms with E-state index in [1.165, 1.54) is 12.8 Å². The molecule has 0 aromatic heterocycles. The Hall–Kier alpha value is -1.16. The predicted octanol–water partition coefficient (Wildman–Crippen LogP) is 3.18. The van der Waals surface area contributed by atoms with Crippen molar-refractivity contribution in [3.8, 4) is 0 Å². The molecule has 2 aliphatic rings. The van der Waals surface area contributed by atoms with Crippen molar-refractivity contribution in [1.82, 2.24) is 0 Å². The highest BCUT2D eigenvalue weighted by atomic mass is 32.2. The van der Waals surface area contributed by atoms with E-state index in [-0.39, 0.29) is 5.91 Å². The standard InChI is InChI=1S/C16H22N2OS/c1-16(2)13-7-4-11(17)10-14(13)18(15(16)19)8-3-9-20-12-5-6-12/h4,7,10,12H,3,5-6,8-9,17H2,1-2H3. The van der Waals surface area contributed by atoms with E-state index in [1.807, 2.05) is 48.7 Å². The molecule has 3 rings (SSSR count). The molecule has 3 nitrogen and oxygen atoms in total. The van der Waals surface area contributed by atoms with Gasteiger partial charge >= 0.3 is 0 Å². The zero-order chi connectivity index (χ0) is 14.3. The Morgan fingerprint density at radius 2 is 2.15 bits per heavy atom. The van der Waals surface area contributed by atoms with Gasteiger partial charge in [0.2, 0.25) is 5.91 Å². The highest BCUT2D eigenvalue weighted by molar-refractivity contribution is 8.00. The maximum Gasteiger partial charge on any atom is 0.237 e. The molecule has 0 bridgehead atoms. The maximum absolute atomic E-state index is 12.6. The van der Waals surface area contributed by atoms with E-state index in [1.54, 1.807) is 0 Å². The van der Waals surface area contributed by atoms with Gasteiger partial charge in [0, 0.05) is 23.2 Å². The number of anilines is 2. The van der Waals surface area contributed by atoms with Crippen molar-refractivity contribution in [2.24, 2.45) is 0 Å². The lowest BCUT2D eigenvalue weighted by molar-refractivity contribution is -0.122. The first-order chi connectivity index (χ1) is 9.50. The number of carbonyl (C=O) groups excluding carboxylic acids is 1. The average Bonchev–Trinajstić information content (AvgIpc) is 3.19. The number of hydrogen-bond acceptors (Lipinski definition) is 3. The molecule has 0 atom stereocenters. The molecule has 1 aromatic carbocycles. The van der Waals surface area contributed by atoms with Gasteiger partial charge in [0.1, 0.15) is 0 Å². The van der Waals surface area contributed by atoms with Crippen LogP contribution in [-0.2, 0) is 10.2 Å². The van der Waals surface area contributed by atoms with Crippen LogP contribution in [0.25, 0.3) is 0 Å². The highest BCUT2D eigenvalue weighted by Crippen LogP contribution is 2.42. The lowest BCUT2D eigenvalue weighted by atomic mass is 9.86. The number of benzene rings is 1. The first-order valence-corrected chi connectivity index (χ1v) is 8.38. The summed E-state index contributed by atoms with van der Waals surface area (Å²) in [6.07, 6.45) is 3.80. The zero-order valence-corrected chi connectivity index (χ0v) is 13.0. The minimum atomic E-state index is -0.424. The molecule has 0 saturated heterocycles. The van der Waals surface area contributed by atoms with Crippen LogP contribution in [0.2, 0.25) is 0 Å². The second kappa shape index (κ2) is 4.99. The van der Waals surface area contributed by atoms with Crippen LogP contribution in [-0.4, -0.2) is 23.5 Å². The fourth-order valence-electron chi connectivity index (χ4n) is 2.79. The van der Waals surface area contributed by atoms with Crippen molar-refractivity contribution >= 4 is 29.0 Å². The molecule has 1 saturated carbocycles. The van der Waals surface area contributed by atoms with Crippen molar-refractivity contribution in [3.05, 3.63) is 23.8 Å². The van der Waals surface area contributed by atoms with Crippen LogP contribution in [0.4, 0.5) is 11.4 Å². The van der Waals surface area contributed by atoms with Crippen molar-refractivity contribution in [3.63, 3.8) is 0 Å². The van der Waals surface area contributed by atoms with Gasteiger partial charge in [-0.3, -0.25) is 4.79 Å². The molecule has 1 aromatic rings. The Bertz CT molecular complexity index is 537. The Morgan fingerprint density at radius 3 is 2.85 bits per heavy atom. The number of rotatable bonds is 5. The van der Waals surface area contributed by atoms with E-state index in [0.29, 0.717) is 0 Å². The van der Waals surface area contributed by atoms with E-state index in [9.17, 15) is 4.79 Å². The third-order valence-corrected chi connectivity index (χ3v) is 5.64. The second-order valence-electron chi connectivity index (χ2n) is 6.28. The fourth-order valence-corrected chi connectivity index (χ4v) is 3.89. The number of nitrogens with two attached hydrogens (primary N) is 1. The lowest BCUT2D eigenvalue weighted by Crippen LogP contribution is -2.36. The first kappa shape index (κ1) is 13.8. The van der Waals surface area contributed by atoms with Gasteiger partial charge in [-0.15, -0.1) is 0 Å². The smallest absolute Gasteiger partial charge is 0.237 e. The SMILES string of the molecule is CC1(C)C(=O)N(CCCSC2CC2)c2cc(N)ccc21. The minimum absolute atomic E-state index is 0.203.